The van der Waals surface area contributed by atoms with Gasteiger partial charge in [0.05, 0.1) is 5.92 Å². The van der Waals surface area contributed by atoms with E-state index in [4.69, 9.17) is 0 Å². The predicted octanol–water partition coefficient (Wildman–Crippen LogP) is 3.55. The maximum absolute atomic E-state index is 11.3. The Bertz CT molecular complexity index is 662. The van der Waals surface area contributed by atoms with Crippen LogP contribution in [0, 0.1) is 11.8 Å². The van der Waals surface area contributed by atoms with Crippen molar-refractivity contribution >= 4 is 16.7 Å². The van der Waals surface area contributed by atoms with Gasteiger partial charge >= 0.3 is 5.97 Å². The second-order valence-corrected chi connectivity index (χ2v) is 6.12. The fourth-order valence-corrected chi connectivity index (χ4v) is 3.45. The van der Waals surface area contributed by atoms with Gasteiger partial charge in [-0.25, -0.2) is 0 Å². The van der Waals surface area contributed by atoms with Gasteiger partial charge in [0.1, 0.15) is 0 Å². The van der Waals surface area contributed by atoms with Crippen molar-refractivity contribution in [3.05, 3.63) is 48.0 Å². The lowest BCUT2D eigenvalue weighted by Gasteiger charge is -2.25. The monoisotopic (exact) mass is 283 g/mol. The molecule has 1 aliphatic rings. The van der Waals surface area contributed by atoms with Gasteiger partial charge in [-0.1, -0.05) is 49.4 Å². The summed E-state index contributed by atoms with van der Waals surface area (Å²) in [5.74, 6) is -0.711. The van der Waals surface area contributed by atoms with E-state index in [9.17, 15) is 9.90 Å². The number of benzene rings is 2. The number of carboxylic acid groups (broad SMARTS) is 1. The molecule has 0 saturated carbocycles. The number of rotatable bonds is 3. The fraction of sp³-hybridized carbons (Fsp3) is 0.389. The van der Waals surface area contributed by atoms with E-state index in [1.165, 1.54) is 16.3 Å². The van der Waals surface area contributed by atoms with Crippen LogP contribution in [0.4, 0.5) is 0 Å². The Labute approximate surface area is 125 Å². The Morgan fingerprint density at radius 1 is 1.19 bits per heavy atom. The molecule has 2 aromatic carbocycles. The summed E-state index contributed by atoms with van der Waals surface area (Å²) in [7, 11) is 0. The molecule has 0 aliphatic carbocycles. The van der Waals surface area contributed by atoms with Gasteiger partial charge in [0.25, 0.3) is 0 Å². The highest BCUT2D eigenvalue weighted by molar-refractivity contribution is 5.86. The molecule has 3 nitrogen and oxygen atoms in total. The minimum Gasteiger partial charge on any atom is -0.481 e. The molecule has 3 atom stereocenters. The summed E-state index contributed by atoms with van der Waals surface area (Å²) in [6.45, 7) is 5.70. The highest BCUT2D eigenvalue weighted by Gasteiger charge is 2.37. The van der Waals surface area contributed by atoms with Crippen LogP contribution in [-0.2, 0) is 4.79 Å². The smallest absolute Gasteiger partial charge is 0.308 e. The van der Waals surface area contributed by atoms with Crippen LogP contribution in [0.1, 0.15) is 25.5 Å². The van der Waals surface area contributed by atoms with Crippen molar-refractivity contribution in [1.29, 1.82) is 0 Å². The van der Waals surface area contributed by atoms with Gasteiger partial charge in [-0.15, -0.1) is 0 Å². The zero-order valence-corrected chi connectivity index (χ0v) is 12.5. The SMILES string of the molecule is CC1CN(C(C)c2cccc3ccccc23)CC1C(=O)O. The summed E-state index contributed by atoms with van der Waals surface area (Å²) in [4.78, 5) is 13.6. The molecule has 0 amide bonds. The van der Waals surface area contributed by atoms with Crippen LogP contribution in [-0.4, -0.2) is 29.1 Å². The van der Waals surface area contributed by atoms with E-state index < -0.39 is 5.97 Å². The van der Waals surface area contributed by atoms with Gasteiger partial charge in [-0.05, 0) is 29.2 Å². The maximum atomic E-state index is 11.3. The molecule has 0 aromatic heterocycles. The van der Waals surface area contributed by atoms with Gasteiger partial charge in [-0.2, -0.15) is 0 Å². The molecule has 1 heterocycles. The molecule has 3 unspecified atom stereocenters. The van der Waals surface area contributed by atoms with Gasteiger partial charge in [0.2, 0.25) is 0 Å². The number of hydrogen-bond acceptors (Lipinski definition) is 2. The van der Waals surface area contributed by atoms with E-state index >= 15 is 0 Å². The molecule has 21 heavy (non-hydrogen) atoms. The van der Waals surface area contributed by atoms with Crippen LogP contribution in [0.15, 0.2) is 42.5 Å². The van der Waals surface area contributed by atoms with E-state index in [1.54, 1.807) is 0 Å². The Morgan fingerprint density at radius 2 is 1.90 bits per heavy atom. The second kappa shape index (κ2) is 5.49. The number of likely N-dealkylation sites (tertiary alicyclic amines) is 1. The summed E-state index contributed by atoms with van der Waals surface area (Å²) in [6, 6.07) is 15.0. The van der Waals surface area contributed by atoms with E-state index in [-0.39, 0.29) is 17.9 Å². The molecule has 2 aromatic rings. The van der Waals surface area contributed by atoms with Crippen molar-refractivity contribution < 1.29 is 9.90 Å². The molecular formula is C18H21NO2. The molecular weight excluding hydrogens is 262 g/mol. The van der Waals surface area contributed by atoms with Crippen LogP contribution in [0.5, 0.6) is 0 Å². The highest BCUT2D eigenvalue weighted by Crippen LogP contribution is 2.33. The minimum atomic E-state index is -0.671. The van der Waals surface area contributed by atoms with Crippen molar-refractivity contribution in [3.63, 3.8) is 0 Å². The van der Waals surface area contributed by atoms with Crippen LogP contribution in [0.2, 0.25) is 0 Å². The Morgan fingerprint density at radius 3 is 2.62 bits per heavy atom. The topological polar surface area (TPSA) is 40.5 Å². The van der Waals surface area contributed by atoms with Gasteiger partial charge in [0.15, 0.2) is 0 Å². The molecule has 3 heteroatoms. The van der Waals surface area contributed by atoms with E-state index in [0.717, 1.165) is 6.54 Å². The normalized spacial score (nSPS) is 24.3. The third-order valence-corrected chi connectivity index (χ3v) is 4.78. The van der Waals surface area contributed by atoms with Crippen molar-refractivity contribution in [3.8, 4) is 0 Å². The lowest BCUT2D eigenvalue weighted by molar-refractivity contribution is -0.142. The molecule has 0 spiro atoms. The molecule has 0 bridgehead atoms. The van der Waals surface area contributed by atoms with E-state index in [1.807, 2.05) is 6.92 Å². The van der Waals surface area contributed by atoms with Gasteiger partial charge < -0.3 is 5.11 Å². The zero-order chi connectivity index (χ0) is 15.0. The standard InChI is InChI=1S/C18H21NO2/c1-12-10-19(11-17(12)18(20)21)13(2)15-9-5-7-14-6-3-4-8-16(14)15/h3-9,12-13,17H,10-11H2,1-2H3,(H,20,21). The average Bonchev–Trinajstić information content (AvgIpc) is 2.88. The Balaban J connectivity index is 1.91. The number of nitrogens with zero attached hydrogens (tertiary/aromatic N) is 1. The first-order chi connectivity index (χ1) is 10.1. The Kier molecular flexibility index (Phi) is 3.68. The van der Waals surface area contributed by atoms with Gasteiger partial charge in [0, 0.05) is 19.1 Å². The molecule has 1 N–H and O–H groups in total. The number of aliphatic carboxylic acids is 1. The third kappa shape index (κ3) is 2.54. The molecule has 3 rings (SSSR count). The summed E-state index contributed by atoms with van der Waals surface area (Å²) in [5.41, 5.74) is 1.28. The number of carbonyl (C=O) groups is 1. The summed E-state index contributed by atoms with van der Waals surface area (Å²) < 4.78 is 0. The lowest BCUT2D eigenvalue weighted by Crippen LogP contribution is -2.26. The lowest BCUT2D eigenvalue weighted by atomic mass is 9.99. The average molecular weight is 283 g/mol. The zero-order valence-electron chi connectivity index (χ0n) is 12.5. The minimum absolute atomic E-state index is 0.208. The summed E-state index contributed by atoms with van der Waals surface area (Å²) >= 11 is 0. The molecule has 1 saturated heterocycles. The first kappa shape index (κ1) is 14.1. The number of hydrogen-bond donors (Lipinski definition) is 1. The van der Waals surface area contributed by atoms with E-state index in [2.05, 4.69) is 54.3 Å². The second-order valence-electron chi connectivity index (χ2n) is 6.12. The molecule has 1 aliphatic heterocycles. The van der Waals surface area contributed by atoms with Crippen LogP contribution in [0.3, 0.4) is 0 Å². The summed E-state index contributed by atoms with van der Waals surface area (Å²) in [6.07, 6.45) is 0. The van der Waals surface area contributed by atoms with Crippen LogP contribution in [0.25, 0.3) is 10.8 Å². The molecule has 110 valence electrons. The van der Waals surface area contributed by atoms with Crippen molar-refractivity contribution in [2.45, 2.75) is 19.9 Å². The largest absolute Gasteiger partial charge is 0.481 e. The molecule has 0 radical (unpaired) electrons. The van der Waals surface area contributed by atoms with Crippen molar-refractivity contribution in [2.75, 3.05) is 13.1 Å². The van der Waals surface area contributed by atoms with Crippen LogP contribution < -0.4 is 0 Å². The predicted molar refractivity (Wildman–Crippen MR) is 84.2 cm³/mol. The number of fused-ring (bicyclic) bond motifs is 1. The van der Waals surface area contributed by atoms with Gasteiger partial charge in [-0.3, -0.25) is 9.69 Å². The summed E-state index contributed by atoms with van der Waals surface area (Å²) in [5, 5.41) is 11.8. The van der Waals surface area contributed by atoms with Crippen molar-refractivity contribution in [1.82, 2.24) is 4.90 Å². The highest BCUT2D eigenvalue weighted by atomic mass is 16.4. The fourth-order valence-electron chi connectivity index (χ4n) is 3.45. The Hall–Kier alpha value is -1.87. The van der Waals surface area contributed by atoms with Crippen molar-refractivity contribution in [2.24, 2.45) is 11.8 Å². The van der Waals surface area contributed by atoms with Crippen LogP contribution >= 0.6 is 0 Å². The van der Waals surface area contributed by atoms with E-state index in [0.29, 0.717) is 6.54 Å². The first-order valence-corrected chi connectivity index (χ1v) is 7.52. The third-order valence-electron chi connectivity index (χ3n) is 4.78. The first-order valence-electron chi connectivity index (χ1n) is 7.52. The maximum Gasteiger partial charge on any atom is 0.308 e. The quantitative estimate of drug-likeness (QED) is 0.936. The number of carboxylic acids is 1. The molecule has 1 fully saturated rings.